The molecule has 0 fully saturated rings. The Kier molecular flexibility index (Phi) is 4.73. The molecule has 0 spiro atoms. The van der Waals surface area contributed by atoms with Gasteiger partial charge >= 0.3 is 0 Å². The SMILES string of the molecule is CCNc1ncnc(NCCc2ccn(C)n2)c1Br. The van der Waals surface area contributed by atoms with Crippen molar-refractivity contribution in [3.63, 3.8) is 0 Å². The molecule has 0 radical (unpaired) electrons. The molecule has 2 aromatic rings. The van der Waals surface area contributed by atoms with Crippen molar-refractivity contribution in [3.05, 3.63) is 28.8 Å². The molecule has 102 valence electrons. The lowest BCUT2D eigenvalue weighted by atomic mass is 10.3. The first-order chi connectivity index (χ1) is 9.20. The molecule has 2 heterocycles. The standard InChI is InChI=1S/C12H17BrN6/c1-3-14-11-10(13)12(17-8-16-11)15-6-4-9-5-7-19(2)18-9/h5,7-8H,3-4,6H2,1-2H3,(H2,14,15,16,17). The number of rotatable bonds is 6. The molecule has 0 aliphatic heterocycles. The summed E-state index contributed by atoms with van der Waals surface area (Å²) in [4.78, 5) is 8.40. The first-order valence-corrected chi connectivity index (χ1v) is 6.96. The zero-order valence-corrected chi connectivity index (χ0v) is 12.6. The molecule has 0 amide bonds. The van der Waals surface area contributed by atoms with E-state index in [1.165, 1.54) is 0 Å². The van der Waals surface area contributed by atoms with Crippen LogP contribution in [-0.2, 0) is 13.5 Å². The molecule has 2 rings (SSSR count). The Balaban J connectivity index is 1.94. The van der Waals surface area contributed by atoms with Crippen molar-refractivity contribution in [2.24, 2.45) is 7.05 Å². The Morgan fingerprint density at radius 1 is 1.26 bits per heavy atom. The predicted octanol–water partition coefficient (Wildman–Crippen LogP) is 2.06. The Morgan fingerprint density at radius 2 is 2.00 bits per heavy atom. The van der Waals surface area contributed by atoms with Crippen LogP contribution >= 0.6 is 15.9 Å². The molecule has 6 nitrogen and oxygen atoms in total. The molecule has 0 aliphatic carbocycles. The maximum Gasteiger partial charge on any atom is 0.145 e. The first-order valence-electron chi connectivity index (χ1n) is 6.17. The van der Waals surface area contributed by atoms with Gasteiger partial charge in [0.1, 0.15) is 22.4 Å². The molecule has 0 aromatic carbocycles. The summed E-state index contributed by atoms with van der Waals surface area (Å²) in [7, 11) is 1.92. The van der Waals surface area contributed by atoms with E-state index < -0.39 is 0 Å². The maximum atomic E-state index is 4.33. The molecular formula is C12H17BrN6. The number of halogens is 1. The van der Waals surface area contributed by atoms with E-state index in [4.69, 9.17) is 0 Å². The second kappa shape index (κ2) is 6.51. The van der Waals surface area contributed by atoms with Crippen molar-refractivity contribution in [2.75, 3.05) is 23.7 Å². The van der Waals surface area contributed by atoms with Crippen molar-refractivity contribution in [1.82, 2.24) is 19.7 Å². The second-order valence-corrected chi connectivity index (χ2v) is 4.87. The number of aryl methyl sites for hydroxylation is 1. The van der Waals surface area contributed by atoms with Crippen LogP contribution in [-0.4, -0.2) is 32.8 Å². The zero-order valence-electron chi connectivity index (χ0n) is 11.0. The molecule has 0 unspecified atom stereocenters. The molecule has 7 heteroatoms. The second-order valence-electron chi connectivity index (χ2n) is 4.07. The van der Waals surface area contributed by atoms with Crippen LogP contribution in [0.4, 0.5) is 11.6 Å². The first kappa shape index (κ1) is 13.8. The van der Waals surface area contributed by atoms with Crippen LogP contribution < -0.4 is 10.6 Å². The van der Waals surface area contributed by atoms with Gasteiger partial charge in [-0.3, -0.25) is 4.68 Å². The molecule has 2 aromatic heterocycles. The number of anilines is 2. The lowest BCUT2D eigenvalue weighted by molar-refractivity contribution is 0.742. The fourth-order valence-electron chi connectivity index (χ4n) is 1.69. The highest BCUT2D eigenvalue weighted by atomic mass is 79.9. The van der Waals surface area contributed by atoms with Gasteiger partial charge in [-0.15, -0.1) is 0 Å². The van der Waals surface area contributed by atoms with Crippen LogP contribution in [0.25, 0.3) is 0 Å². The Morgan fingerprint density at radius 3 is 2.63 bits per heavy atom. The van der Waals surface area contributed by atoms with E-state index in [-0.39, 0.29) is 0 Å². The van der Waals surface area contributed by atoms with Gasteiger partial charge in [-0.1, -0.05) is 0 Å². The summed E-state index contributed by atoms with van der Waals surface area (Å²) in [5.74, 6) is 1.60. The minimum atomic E-state index is 0.776. The van der Waals surface area contributed by atoms with Crippen molar-refractivity contribution in [2.45, 2.75) is 13.3 Å². The summed E-state index contributed by atoms with van der Waals surface area (Å²) in [6.45, 7) is 3.63. The largest absolute Gasteiger partial charge is 0.369 e. The van der Waals surface area contributed by atoms with Gasteiger partial charge in [0, 0.05) is 32.8 Å². The van der Waals surface area contributed by atoms with Crippen molar-refractivity contribution in [3.8, 4) is 0 Å². The van der Waals surface area contributed by atoms with Gasteiger partial charge in [0.2, 0.25) is 0 Å². The third-order valence-electron chi connectivity index (χ3n) is 2.58. The van der Waals surface area contributed by atoms with Gasteiger partial charge in [0.15, 0.2) is 0 Å². The maximum absolute atomic E-state index is 4.33. The molecule has 0 bridgehead atoms. The van der Waals surface area contributed by atoms with Crippen molar-refractivity contribution < 1.29 is 0 Å². The van der Waals surface area contributed by atoms with E-state index in [1.54, 1.807) is 11.0 Å². The van der Waals surface area contributed by atoms with Crippen LogP contribution in [0.1, 0.15) is 12.6 Å². The van der Waals surface area contributed by atoms with E-state index in [0.717, 1.165) is 41.3 Å². The van der Waals surface area contributed by atoms with Crippen LogP contribution in [0.5, 0.6) is 0 Å². The highest BCUT2D eigenvalue weighted by molar-refractivity contribution is 9.10. The molecule has 2 N–H and O–H groups in total. The van der Waals surface area contributed by atoms with Gasteiger partial charge in [0.05, 0.1) is 5.69 Å². The van der Waals surface area contributed by atoms with E-state index in [0.29, 0.717) is 0 Å². The van der Waals surface area contributed by atoms with E-state index in [2.05, 4.69) is 41.6 Å². The lowest BCUT2D eigenvalue weighted by Crippen LogP contribution is -2.09. The fourth-order valence-corrected chi connectivity index (χ4v) is 2.17. The highest BCUT2D eigenvalue weighted by Crippen LogP contribution is 2.26. The summed E-state index contributed by atoms with van der Waals surface area (Å²) >= 11 is 3.50. The van der Waals surface area contributed by atoms with Gasteiger partial charge in [-0.2, -0.15) is 5.10 Å². The van der Waals surface area contributed by atoms with E-state index in [9.17, 15) is 0 Å². The number of hydrogen-bond acceptors (Lipinski definition) is 5. The molecule has 0 aliphatic rings. The topological polar surface area (TPSA) is 67.7 Å². The number of aromatic nitrogens is 4. The lowest BCUT2D eigenvalue weighted by Gasteiger charge is -2.10. The Hall–Kier alpha value is -1.63. The molecular weight excluding hydrogens is 308 g/mol. The third-order valence-corrected chi connectivity index (χ3v) is 3.33. The summed E-state index contributed by atoms with van der Waals surface area (Å²) < 4.78 is 2.66. The summed E-state index contributed by atoms with van der Waals surface area (Å²) in [5.41, 5.74) is 1.06. The highest BCUT2D eigenvalue weighted by Gasteiger charge is 2.07. The van der Waals surface area contributed by atoms with E-state index in [1.807, 2.05) is 26.2 Å². The molecule has 0 atom stereocenters. The smallest absolute Gasteiger partial charge is 0.145 e. The summed E-state index contributed by atoms with van der Waals surface area (Å²) in [6.07, 6.45) is 4.35. The minimum absolute atomic E-state index is 0.776. The molecule has 19 heavy (non-hydrogen) atoms. The minimum Gasteiger partial charge on any atom is -0.369 e. The van der Waals surface area contributed by atoms with E-state index >= 15 is 0 Å². The molecule has 0 saturated carbocycles. The van der Waals surface area contributed by atoms with Crippen LogP contribution in [0.3, 0.4) is 0 Å². The average Bonchev–Trinajstić information content (AvgIpc) is 2.80. The summed E-state index contributed by atoms with van der Waals surface area (Å²) in [6, 6.07) is 2.01. The number of nitrogens with zero attached hydrogens (tertiary/aromatic N) is 4. The van der Waals surface area contributed by atoms with Crippen LogP contribution in [0.15, 0.2) is 23.1 Å². The average molecular weight is 325 g/mol. The molecule has 0 saturated heterocycles. The fraction of sp³-hybridized carbons (Fsp3) is 0.417. The van der Waals surface area contributed by atoms with Crippen LogP contribution in [0, 0.1) is 0 Å². The quantitative estimate of drug-likeness (QED) is 0.851. The van der Waals surface area contributed by atoms with Crippen LogP contribution in [0.2, 0.25) is 0 Å². The van der Waals surface area contributed by atoms with Gasteiger partial charge in [-0.05, 0) is 28.9 Å². The normalized spacial score (nSPS) is 10.5. The van der Waals surface area contributed by atoms with Gasteiger partial charge in [-0.25, -0.2) is 9.97 Å². The Labute approximate surface area is 120 Å². The van der Waals surface area contributed by atoms with Crippen molar-refractivity contribution >= 4 is 27.6 Å². The Bertz CT molecular complexity index is 539. The monoisotopic (exact) mass is 324 g/mol. The van der Waals surface area contributed by atoms with Gasteiger partial charge < -0.3 is 10.6 Å². The summed E-state index contributed by atoms with van der Waals surface area (Å²) in [5, 5.41) is 10.8. The van der Waals surface area contributed by atoms with Gasteiger partial charge in [0.25, 0.3) is 0 Å². The zero-order chi connectivity index (χ0) is 13.7. The number of nitrogens with one attached hydrogen (secondary N) is 2. The predicted molar refractivity (Wildman–Crippen MR) is 79.3 cm³/mol. The number of hydrogen-bond donors (Lipinski definition) is 2. The third kappa shape index (κ3) is 3.66. The van der Waals surface area contributed by atoms with Crippen molar-refractivity contribution in [1.29, 1.82) is 0 Å².